The average Bonchev–Trinajstić information content (AvgIpc) is 2.56. The van der Waals surface area contributed by atoms with Gasteiger partial charge in [-0.1, -0.05) is 84.0 Å². The molecule has 3 nitrogen and oxygen atoms in total. The third kappa shape index (κ3) is 19.5. The molecular weight excluding hydrogens is 286 g/mol. The molecule has 0 unspecified atom stereocenters. The van der Waals surface area contributed by atoms with E-state index in [1.54, 1.807) is 0 Å². The zero-order chi connectivity index (χ0) is 17.0. The topological polar surface area (TPSA) is 49.3 Å². The molecule has 0 atom stereocenters. The van der Waals surface area contributed by atoms with E-state index in [4.69, 9.17) is 5.11 Å². The van der Waals surface area contributed by atoms with Gasteiger partial charge in [-0.25, -0.2) is 0 Å². The lowest BCUT2D eigenvalue weighted by Gasteiger charge is -2.04. The smallest absolute Gasteiger partial charge is 0.134 e. The number of Topliss-reactive ketones (excluding diaryl/α,β-unsaturated/α-hetero) is 1. The largest absolute Gasteiger partial charge is 0.395 e. The predicted molar refractivity (Wildman–Crippen MR) is 99.9 cm³/mol. The molecule has 0 amide bonds. The normalized spacial score (nSPS) is 11.0. The molecule has 2 N–H and O–H groups in total. The zero-order valence-electron chi connectivity index (χ0n) is 15.6. The number of carbonyl (C=O) groups excluding carboxylic acids is 1. The predicted octanol–water partition coefficient (Wildman–Crippen LogP) is 5.01. The second-order valence-corrected chi connectivity index (χ2v) is 6.75. The van der Waals surface area contributed by atoms with E-state index in [1.807, 2.05) is 0 Å². The SMILES string of the molecule is CCCCCCCCCCCCCCCC(=O)CCNCCO. The van der Waals surface area contributed by atoms with Gasteiger partial charge in [0.15, 0.2) is 0 Å². The van der Waals surface area contributed by atoms with Crippen LogP contribution in [0, 0.1) is 0 Å². The number of rotatable bonds is 19. The summed E-state index contributed by atoms with van der Waals surface area (Å²) in [7, 11) is 0. The molecule has 23 heavy (non-hydrogen) atoms. The third-order valence-corrected chi connectivity index (χ3v) is 4.43. The lowest BCUT2D eigenvalue weighted by atomic mass is 10.0. The Balaban J connectivity index is 3.08. The molecule has 0 aromatic rings. The molecule has 0 aromatic heterocycles. The Kier molecular flexibility index (Phi) is 19.3. The summed E-state index contributed by atoms with van der Waals surface area (Å²) < 4.78 is 0. The number of ketones is 1. The summed E-state index contributed by atoms with van der Waals surface area (Å²) in [6.45, 7) is 3.71. The number of aliphatic hydroxyl groups excluding tert-OH is 1. The zero-order valence-corrected chi connectivity index (χ0v) is 15.6. The van der Waals surface area contributed by atoms with Crippen LogP contribution in [0.1, 0.15) is 103 Å². The van der Waals surface area contributed by atoms with E-state index in [0.717, 1.165) is 12.8 Å². The molecule has 0 rings (SSSR count). The quantitative estimate of drug-likeness (QED) is 0.328. The summed E-state index contributed by atoms with van der Waals surface area (Å²) in [4.78, 5) is 11.6. The fourth-order valence-corrected chi connectivity index (χ4v) is 2.90. The first-order chi connectivity index (χ1) is 11.3. The molecule has 0 aliphatic carbocycles. The maximum absolute atomic E-state index is 11.6. The number of hydrogen-bond donors (Lipinski definition) is 2. The second-order valence-electron chi connectivity index (χ2n) is 6.75. The molecule has 0 radical (unpaired) electrons. The first kappa shape index (κ1) is 22.6. The molecule has 0 heterocycles. The van der Waals surface area contributed by atoms with Crippen molar-refractivity contribution in [2.45, 2.75) is 103 Å². The van der Waals surface area contributed by atoms with Crippen LogP contribution in [-0.4, -0.2) is 30.6 Å². The molecule has 0 bridgehead atoms. The van der Waals surface area contributed by atoms with Gasteiger partial charge in [0.25, 0.3) is 0 Å². The number of aliphatic hydroxyl groups is 1. The maximum Gasteiger partial charge on any atom is 0.134 e. The Labute approximate surface area is 144 Å². The highest BCUT2D eigenvalue weighted by Crippen LogP contribution is 2.13. The third-order valence-electron chi connectivity index (χ3n) is 4.43. The summed E-state index contributed by atoms with van der Waals surface area (Å²) in [6, 6.07) is 0. The van der Waals surface area contributed by atoms with Crippen molar-refractivity contribution in [3.63, 3.8) is 0 Å². The van der Waals surface area contributed by atoms with Gasteiger partial charge in [0, 0.05) is 25.9 Å². The number of unbranched alkanes of at least 4 members (excludes halogenated alkanes) is 12. The van der Waals surface area contributed by atoms with Crippen LogP contribution >= 0.6 is 0 Å². The molecule has 0 aliphatic rings. The minimum absolute atomic E-state index is 0.146. The lowest BCUT2D eigenvalue weighted by Crippen LogP contribution is -2.21. The summed E-state index contributed by atoms with van der Waals surface area (Å²) in [5, 5.41) is 11.7. The van der Waals surface area contributed by atoms with Gasteiger partial charge in [-0.05, 0) is 6.42 Å². The van der Waals surface area contributed by atoms with E-state index in [1.165, 1.54) is 77.0 Å². The second kappa shape index (κ2) is 19.6. The summed E-state index contributed by atoms with van der Waals surface area (Å²) >= 11 is 0. The molecule has 0 aromatic carbocycles. The molecular formula is C20H41NO2. The van der Waals surface area contributed by atoms with E-state index in [9.17, 15) is 4.79 Å². The van der Waals surface area contributed by atoms with Crippen molar-refractivity contribution < 1.29 is 9.90 Å². The Morgan fingerprint density at radius 2 is 1.17 bits per heavy atom. The average molecular weight is 328 g/mol. The number of carbonyl (C=O) groups is 1. The minimum Gasteiger partial charge on any atom is -0.395 e. The van der Waals surface area contributed by atoms with Gasteiger partial charge < -0.3 is 10.4 Å². The van der Waals surface area contributed by atoms with E-state index in [0.29, 0.717) is 25.3 Å². The van der Waals surface area contributed by atoms with Crippen LogP contribution in [0.5, 0.6) is 0 Å². The fourth-order valence-electron chi connectivity index (χ4n) is 2.90. The molecule has 0 saturated carbocycles. The van der Waals surface area contributed by atoms with Crippen LogP contribution in [0.25, 0.3) is 0 Å². The van der Waals surface area contributed by atoms with E-state index >= 15 is 0 Å². The van der Waals surface area contributed by atoms with Gasteiger partial charge in [0.1, 0.15) is 5.78 Å². The van der Waals surface area contributed by atoms with Crippen molar-refractivity contribution >= 4 is 5.78 Å². The van der Waals surface area contributed by atoms with Crippen molar-refractivity contribution in [3.05, 3.63) is 0 Å². The number of nitrogens with one attached hydrogen (secondary N) is 1. The molecule has 0 spiro atoms. The highest BCUT2D eigenvalue weighted by atomic mass is 16.3. The van der Waals surface area contributed by atoms with E-state index in [2.05, 4.69) is 12.2 Å². The number of hydrogen-bond acceptors (Lipinski definition) is 3. The maximum atomic E-state index is 11.6. The molecule has 0 saturated heterocycles. The van der Waals surface area contributed by atoms with Crippen molar-refractivity contribution in [2.24, 2.45) is 0 Å². The van der Waals surface area contributed by atoms with Gasteiger partial charge in [-0.15, -0.1) is 0 Å². The van der Waals surface area contributed by atoms with Crippen molar-refractivity contribution in [3.8, 4) is 0 Å². The van der Waals surface area contributed by atoms with Crippen LogP contribution in [0.4, 0.5) is 0 Å². The van der Waals surface area contributed by atoms with Gasteiger partial charge in [0.05, 0.1) is 6.61 Å². The standard InChI is InChI=1S/C20H41NO2/c1-2-3-4-5-6-7-8-9-10-11-12-13-14-15-20(23)16-17-21-18-19-22/h21-22H,2-19H2,1H3. The summed E-state index contributed by atoms with van der Waals surface area (Å²) in [6.07, 6.45) is 18.8. The fraction of sp³-hybridized carbons (Fsp3) is 0.950. The lowest BCUT2D eigenvalue weighted by molar-refractivity contribution is -0.119. The van der Waals surface area contributed by atoms with Crippen LogP contribution in [0.3, 0.4) is 0 Å². The molecule has 3 heteroatoms. The minimum atomic E-state index is 0.146. The van der Waals surface area contributed by atoms with E-state index in [-0.39, 0.29) is 6.61 Å². The van der Waals surface area contributed by atoms with Crippen LogP contribution in [0.2, 0.25) is 0 Å². The van der Waals surface area contributed by atoms with Crippen LogP contribution in [0.15, 0.2) is 0 Å². The van der Waals surface area contributed by atoms with Crippen LogP contribution in [-0.2, 0) is 4.79 Å². The first-order valence-corrected chi connectivity index (χ1v) is 10.1. The Bertz CT molecular complexity index is 244. The van der Waals surface area contributed by atoms with Crippen molar-refractivity contribution in [1.82, 2.24) is 5.32 Å². The van der Waals surface area contributed by atoms with Gasteiger partial charge >= 0.3 is 0 Å². The van der Waals surface area contributed by atoms with Gasteiger partial charge in [-0.3, -0.25) is 4.79 Å². The molecule has 0 fully saturated rings. The van der Waals surface area contributed by atoms with Crippen LogP contribution < -0.4 is 5.32 Å². The van der Waals surface area contributed by atoms with E-state index < -0.39 is 0 Å². The molecule has 138 valence electrons. The highest BCUT2D eigenvalue weighted by molar-refractivity contribution is 5.78. The Hall–Kier alpha value is -0.410. The Morgan fingerprint density at radius 1 is 0.696 bits per heavy atom. The highest BCUT2D eigenvalue weighted by Gasteiger charge is 2.01. The van der Waals surface area contributed by atoms with Crippen molar-refractivity contribution in [1.29, 1.82) is 0 Å². The summed E-state index contributed by atoms with van der Waals surface area (Å²) in [5.41, 5.74) is 0. The molecule has 0 aliphatic heterocycles. The van der Waals surface area contributed by atoms with Crippen molar-refractivity contribution in [2.75, 3.05) is 19.7 Å². The Morgan fingerprint density at radius 3 is 1.65 bits per heavy atom. The van der Waals surface area contributed by atoms with Gasteiger partial charge in [0.2, 0.25) is 0 Å². The monoisotopic (exact) mass is 327 g/mol. The van der Waals surface area contributed by atoms with Gasteiger partial charge in [-0.2, -0.15) is 0 Å². The first-order valence-electron chi connectivity index (χ1n) is 10.1. The summed E-state index contributed by atoms with van der Waals surface area (Å²) in [5.74, 6) is 0.360.